The Hall–Kier alpha value is -1.30. The maximum Gasteiger partial charge on any atom is 0.00833 e. The molecule has 80 valence electrons. The highest BCUT2D eigenvalue weighted by Gasteiger charge is 2.10. The van der Waals surface area contributed by atoms with Gasteiger partial charge in [0.05, 0.1) is 0 Å². The van der Waals surface area contributed by atoms with Crippen molar-refractivity contribution in [1.29, 1.82) is 0 Å². The summed E-state index contributed by atoms with van der Waals surface area (Å²) in [5, 5.41) is 0. The first-order chi connectivity index (χ1) is 7.33. The van der Waals surface area contributed by atoms with Crippen LogP contribution in [0.15, 0.2) is 54.1 Å². The average molecular weight is 200 g/mol. The lowest BCUT2D eigenvalue weighted by Gasteiger charge is -2.16. The van der Waals surface area contributed by atoms with Gasteiger partial charge >= 0.3 is 0 Å². The molecule has 0 nitrogen and oxygen atoms in total. The first kappa shape index (κ1) is 11.8. The van der Waals surface area contributed by atoms with E-state index in [-0.39, 0.29) is 0 Å². The van der Waals surface area contributed by atoms with E-state index >= 15 is 0 Å². The van der Waals surface area contributed by atoms with E-state index in [9.17, 15) is 0 Å². The molecule has 1 aromatic carbocycles. The summed E-state index contributed by atoms with van der Waals surface area (Å²) in [7, 11) is 0. The summed E-state index contributed by atoms with van der Waals surface area (Å²) in [6.45, 7) is 6.42. The summed E-state index contributed by atoms with van der Waals surface area (Å²) < 4.78 is 0. The van der Waals surface area contributed by atoms with Crippen molar-refractivity contribution in [3.05, 3.63) is 59.7 Å². The van der Waals surface area contributed by atoms with E-state index < -0.39 is 0 Å². The van der Waals surface area contributed by atoms with Crippen LogP contribution in [-0.4, -0.2) is 0 Å². The third-order valence-electron chi connectivity index (χ3n) is 2.71. The highest BCUT2D eigenvalue weighted by molar-refractivity contribution is 5.34. The van der Waals surface area contributed by atoms with Crippen LogP contribution in [0.3, 0.4) is 0 Å². The molecule has 0 aromatic heterocycles. The molecule has 1 rings (SSSR count). The zero-order valence-electron chi connectivity index (χ0n) is 9.90. The highest BCUT2D eigenvalue weighted by atomic mass is 14.1. The summed E-state index contributed by atoms with van der Waals surface area (Å²) >= 11 is 0. The van der Waals surface area contributed by atoms with Gasteiger partial charge in [-0.2, -0.15) is 0 Å². The molecule has 0 amide bonds. The van der Waals surface area contributed by atoms with Crippen LogP contribution >= 0.6 is 0 Å². The standard InChI is InChI=1S/C15H20/c1-4-10-13(5-2)15(6-3)14-11-8-7-9-12-14/h4-5,7-12,15H,6H2,1-3H3/b10-4-,13-5+. The van der Waals surface area contributed by atoms with Gasteiger partial charge in [-0.1, -0.05) is 55.5 Å². The predicted octanol–water partition coefficient (Wildman–Crippen LogP) is 4.70. The monoisotopic (exact) mass is 200 g/mol. The lowest BCUT2D eigenvalue weighted by Crippen LogP contribution is -1.99. The molecule has 15 heavy (non-hydrogen) atoms. The first-order valence-corrected chi connectivity index (χ1v) is 5.67. The Balaban J connectivity index is 2.98. The second-order valence-corrected chi connectivity index (χ2v) is 3.66. The zero-order valence-corrected chi connectivity index (χ0v) is 9.90. The van der Waals surface area contributed by atoms with Gasteiger partial charge in [0.2, 0.25) is 0 Å². The molecular formula is C15H20. The average Bonchev–Trinajstić information content (AvgIpc) is 2.30. The van der Waals surface area contributed by atoms with Gasteiger partial charge in [-0.05, 0) is 31.4 Å². The van der Waals surface area contributed by atoms with Gasteiger partial charge in [0, 0.05) is 5.92 Å². The maximum atomic E-state index is 2.24. The molecule has 0 aliphatic carbocycles. The van der Waals surface area contributed by atoms with E-state index in [1.807, 2.05) is 0 Å². The van der Waals surface area contributed by atoms with Crippen molar-refractivity contribution in [2.45, 2.75) is 33.1 Å². The maximum absolute atomic E-state index is 2.24. The summed E-state index contributed by atoms with van der Waals surface area (Å²) in [5.41, 5.74) is 2.82. The zero-order chi connectivity index (χ0) is 11.1. The van der Waals surface area contributed by atoms with E-state index in [1.165, 1.54) is 11.1 Å². The number of benzene rings is 1. The number of allylic oxidation sites excluding steroid dienone is 4. The third-order valence-corrected chi connectivity index (χ3v) is 2.71. The molecule has 0 N–H and O–H groups in total. The smallest absolute Gasteiger partial charge is 0.00833 e. The fourth-order valence-electron chi connectivity index (χ4n) is 1.96. The normalized spacial score (nSPS) is 14.5. The van der Waals surface area contributed by atoms with E-state index in [0.717, 1.165) is 6.42 Å². The quantitative estimate of drug-likeness (QED) is 0.618. The van der Waals surface area contributed by atoms with Gasteiger partial charge in [-0.25, -0.2) is 0 Å². The molecule has 1 atom stereocenters. The fourth-order valence-corrected chi connectivity index (χ4v) is 1.96. The lowest BCUT2D eigenvalue weighted by atomic mass is 9.88. The Morgan fingerprint density at radius 2 is 1.87 bits per heavy atom. The molecule has 0 saturated carbocycles. The van der Waals surface area contributed by atoms with Crippen molar-refractivity contribution in [3.8, 4) is 0 Å². The predicted molar refractivity (Wildman–Crippen MR) is 68.0 cm³/mol. The van der Waals surface area contributed by atoms with E-state index in [0.29, 0.717) is 5.92 Å². The van der Waals surface area contributed by atoms with Crippen LogP contribution in [0.5, 0.6) is 0 Å². The van der Waals surface area contributed by atoms with Gasteiger partial charge < -0.3 is 0 Å². The van der Waals surface area contributed by atoms with Gasteiger partial charge in [0.25, 0.3) is 0 Å². The summed E-state index contributed by atoms with van der Waals surface area (Å²) in [6.07, 6.45) is 7.68. The molecule has 1 aromatic rings. The van der Waals surface area contributed by atoms with Crippen molar-refractivity contribution >= 4 is 0 Å². The van der Waals surface area contributed by atoms with Crippen molar-refractivity contribution < 1.29 is 0 Å². The van der Waals surface area contributed by atoms with Crippen molar-refractivity contribution in [3.63, 3.8) is 0 Å². The van der Waals surface area contributed by atoms with Gasteiger partial charge in [-0.15, -0.1) is 0 Å². The second kappa shape index (κ2) is 6.23. The highest BCUT2D eigenvalue weighted by Crippen LogP contribution is 2.28. The minimum absolute atomic E-state index is 0.535. The Morgan fingerprint density at radius 1 is 1.20 bits per heavy atom. The second-order valence-electron chi connectivity index (χ2n) is 3.66. The van der Waals surface area contributed by atoms with E-state index in [1.54, 1.807) is 0 Å². The van der Waals surface area contributed by atoms with E-state index in [4.69, 9.17) is 0 Å². The Morgan fingerprint density at radius 3 is 2.33 bits per heavy atom. The molecule has 0 heterocycles. The summed E-state index contributed by atoms with van der Waals surface area (Å²) in [4.78, 5) is 0. The largest absolute Gasteiger partial charge is 0.0874 e. The molecule has 0 spiro atoms. The molecule has 0 radical (unpaired) electrons. The van der Waals surface area contributed by atoms with Gasteiger partial charge in [-0.3, -0.25) is 0 Å². The molecule has 1 unspecified atom stereocenters. The fraction of sp³-hybridized carbons (Fsp3) is 0.333. The molecule has 0 bridgehead atoms. The van der Waals surface area contributed by atoms with Gasteiger partial charge in [0.15, 0.2) is 0 Å². The van der Waals surface area contributed by atoms with Crippen LogP contribution in [0.25, 0.3) is 0 Å². The van der Waals surface area contributed by atoms with Crippen molar-refractivity contribution in [2.75, 3.05) is 0 Å². The minimum atomic E-state index is 0.535. The molecular weight excluding hydrogens is 180 g/mol. The topological polar surface area (TPSA) is 0 Å². The third kappa shape index (κ3) is 3.09. The van der Waals surface area contributed by atoms with Crippen LogP contribution in [0.1, 0.15) is 38.7 Å². The Kier molecular flexibility index (Phi) is 4.89. The lowest BCUT2D eigenvalue weighted by molar-refractivity contribution is 0.774. The van der Waals surface area contributed by atoms with E-state index in [2.05, 4.69) is 69.3 Å². The van der Waals surface area contributed by atoms with Gasteiger partial charge in [0.1, 0.15) is 0 Å². The SMILES string of the molecule is C/C=C\C(=C/C)C(CC)c1ccccc1. The Bertz CT molecular complexity index is 330. The first-order valence-electron chi connectivity index (χ1n) is 5.67. The van der Waals surface area contributed by atoms with Crippen LogP contribution in [0.2, 0.25) is 0 Å². The Labute approximate surface area is 93.3 Å². The molecule has 0 saturated heterocycles. The molecule has 0 heteroatoms. The van der Waals surface area contributed by atoms with Crippen LogP contribution < -0.4 is 0 Å². The summed E-state index contributed by atoms with van der Waals surface area (Å²) in [5.74, 6) is 0.535. The van der Waals surface area contributed by atoms with Crippen molar-refractivity contribution in [1.82, 2.24) is 0 Å². The van der Waals surface area contributed by atoms with Crippen LogP contribution in [-0.2, 0) is 0 Å². The number of rotatable bonds is 4. The number of hydrogen-bond donors (Lipinski definition) is 0. The minimum Gasteiger partial charge on any atom is -0.0874 e. The molecule has 0 aliphatic heterocycles. The molecule has 0 fully saturated rings. The summed E-state index contributed by atoms with van der Waals surface area (Å²) in [6, 6.07) is 10.7. The van der Waals surface area contributed by atoms with Crippen LogP contribution in [0.4, 0.5) is 0 Å². The number of hydrogen-bond acceptors (Lipinski definition) is 0. The van der Waals surface area contributed by atoms with Crippen molar-refractivity contribution in [2.24, 2.45) is 0 Å². The molecule has 0 aliphatic rings. The van der Waals surface area contributed by atoms with Crippen LogP contribution in [0, 0.1) is 0 Å².